The van der Waals surface area contributed by atoms with E-state index >= 15 is 0 Å². The van der Waals surface area contributed by atoms with E-state index in [-0.39, 0.29) is 0 Å². The summed E-state index contributed by atoms with van der Waals surface area (Å²) in [6.45, 7) is 3.66. The van der Waals surface area contributed by atoms with Crippen LogP contribution in [0, 0.1) is 0 Å². The number of piperidine rings is 1. The third-order valence-corrected chi connectivity index (χ3v) is 5.18. The highest BCUT2D eigenvalue weighted by Gasteiger charge is 2.30. The van der Waals surface area contributed by atoms with E-state index in [1.54, 1.807) is 0 Å². The Balaban J connectivity index is 1.42. The topological polar surface area (TPSA) is 32.7 Å². The molecule has 23 heavy (non-hydrogen) atoms. The summed E-state index contributed by atoms with van der Waals surface area (Å²) in [5, 5.41) is 10.0. The molecule has 0 saturated carbocycles. The van der Waals surface area contributed by atoms with Gasteiger partial charge in [-0.25, -0.2) is 0 Å². The lowest BCUT2D eigenvalue weighted by molar-refractivity contribution is 0.205. The number of hydrogen-bond donors (Lipinski definition) is 1. The molecule has 1 N–H and O–H groups in total. The van der Waals surface area contributed by atoms with Gasteiger partial charge in [-0.15, -0.1) is 0 Å². The Morgan fingerprint density at radius 1 is 1.04 bits per heavy atom. The lowest BCUT2D eigenvalue weighted by atomic mass is 9.76. The minimum atomic E-state index is -0.747. The van der Waals surface area contributed by atoms with Crippen LogP contribution >= 0.6 is 0 Å². The van der Waals surface area contributed by atoms with Crippen molar-refractivity contribution in [2.24, 2.45) is 0 Å². The van der Waals surface area contributed by atoms with Crippen molar-refractivity contribution in [1.29, 1.82) is 0 Å². The van der Waals surface area contributed by atoms with Crippen LogP contribution in [0.3, 0.4) is 0 Å². The van der Waals surface area contributed by atoms with Crippen LogP contribution < -0.4 is 5.46 Å². The van der Waals surface area contributed by atoms with Crippen LogP contribution in [0.4, 0.5) is 0 Å². The highest BCUT2D eigenvalue weighted by Crippen LogP contribution is 2.28. The number of fused-ring (bicyclic) bond motifs is 1. The highest BCUT2D eigenvalue weighted by atomic mass is 16.5. The van der Waals surface area contributed by atoms with Gasteiger partial charge in [0.05, 0.1) is 6.61 Å². The lowest BCUT2D eigenvalue weighted by Gasteiger charge is -2.32. The molecule has 118 valence electrons. The molecular formula is C19H22BNO2. The van der Waals surface area contributed by atoms with Gasteiger partial charge >= 0.3 is 7.12 Å². The quantitative estimate of drug-likeness (QED) is 0.883. The van der Waals surface area contributed by atoms with Crippen molar-refractivity contribution in [3.8, 4) is 0 Å². The minimum absolute atomic E-state index is 0.528. The second-order valence-electron chi connectivity index (χ2n) is 6.61. The number of hydrogen-bond acceptors (Lipinski definition) is 3. The lowest BCUT2D eigenvalue weighted by Crippen LogP contribution is -2.37. The second kappa shape index (κ2) is 6.48. The van der Waals surface area contributed by atoms with Crippen molar-refractivity contribution in [3.63, 3.8) is 0 Å². The Hall–Kier alpha value is -1.62. The molecule has 0 radical (unpaired) electrons. The molecule has 0 aliphatic carbocycles. The summed E-state index contributed by atoms with van der Waals surface area (Å²) in [7, 11) is -0.747. The van der Waals surface area contributed by atoms with Crippen LogP contribution in [-0.2, 0) is 17.8 Å². The van der Waals surface area contributed by atoms with Gasteiger partial charge in [-0.05, 0) is 54.0 Å². The van der Waals surface area contributed by atoms with Gasteiger partial charge < -0.3 is 9.68 Å². The van der Waals surface area contributed by atoms with Crippen LogP contribution in [0.1, 0.15) is 35.4 Å². The van der Waals surface area contributed by atoms with E-state index in [2.05, 4.69) is 53.4 Å². The van der Waals surface area contributed by atoms with Gasteiger partial charge in [0, 0.05) is 6.54 Å². The molecule has 0 aromatic heterocycles. The molecule has 0 atom stereocenters. The van der Waals surface area contributed by atoms with Gasteiger partial charge in [-0.2, -0.15) is 0 Å². The fourth-order valence-corrected chi connectivity index (χ4v) is 3.89. The third kappa shape index (κ3) is 3.07. The largest absolute Gasteiger partial charge is 0.492 e. The molecule has 0 unspecified atom stereocenters. The molecule has 2 aromatic carbocycles. The number of nitrogens with zero attached hydrogens (tertiary/aromatic N) is 1. The summed E-state index contributed by atoms with van der Waals surface area (Å²) in [5.74, 6) is 0.683. The average molecular weight is 307 g/mol. The second-order valence-corrected chi connectivity index (χ2v) is 6.61. The molecule has 2 heterocycles. The zero-order chi connectivity index (χ0) is 15.6. The molecular weight excluding hydrogens is 285 g/mol. The molecule has 0 bridgehead atoms. The van der Waals surface area contributed by atoms with E-state index in [4.69, 9.17) is 4.65 Å². The van der Waals surface area contributed by atoms with Crippen LogP contribution in [0.15, 0.2) is 48.5 Å². The first kappa shape index (κ1) is 14.9. The summed E-state index contributed by atoms with van der Waals surface area (Å²) < 4.78 is 5.37. The maximum absolute atomic E-state index is 10.0. The van der Waals surface area contributed by atoms with Gasteiger partial charge in [0.2, 0.25) is 0 Å². The predicted octanol–water partition coefficient (Wildman–Crippen LogP) is 2.28. The average Bonchev–Trinajstić information content (AvgIpc) is 2.99. The van der Waals surface area contributed by atoms with E-state index in [1.807, 2.05) is 0 Å². The standard InChI is InChI=1S/C19H22BNO2/c22-20-19-17(7-4-8-18(19)14-23-20)13-21-11-9-16(10-12-21)15-5-2-1-3-6-15/h1-8,16,22H,9-14H2. The Morgan fingerprint density at radius 2 is 1.83 bits per heavy atom. The maximum atomic E-state index is 10.0. The Morgan fingerprint density at radius 3 is 2.61 bits per heavy atom. The van der Waals surface area contributed by atoms with Crippen molar-refractivity contribution in [1.82, 2.24) is 4.90 Å². The van der Waals surface area contributed by atoms with Crippen molar-refractivity contribution in [2.45, 2.75) is 31.9 Å². The molecule has 4 rings (SSSR count). The summed E-state index contributed by atoms with van der Waals surface area (Å²) in [5.41, 5.74) is 4.81. The summed E-state index contributed by atoms with van der Waals surface area (Å²) >= 11 is 0. The molecule has 0 spiro atoms. The van der Waals surface area contributed by atoms with E-state index < -0.39 is 7.12 Å². The summed E-state index contributed by atoms with van der Waals surface area (Å²) in [4.78, 5) is 2.50. The zero-order valence-electron chi connectivity index (χ0n) is 13.3. The fourth-order valence-electron chi connectivity index (χ4n) is 3.89. The first-order valence-electron chi connectivity index (χ1n) is 8.49. The molecule has 2 aromatic rings. The van der Waals surface area contributed by atoms with E-state index in [0.717, 1.165) is 30.7 Å². The Kier molecular flexibility index (Phi) is 4.21. The van der Waals surface area contributed by atoms with Gasteiger partial charge in [-0.1, -0.05) is 48.5 Å². The predicted molar refractivity (Wildman–Crippen MR) is 92.5 cm³/mol. The van der Waals surface area contributed by atoms with Gasteiger partial charge in [0.25, 0.3) is 0 Å². The third-order valence-electron chi connectivity index (χ3n) is 5.18. The molecule has 1 saturated heterocycles. The van der Waals surface area contributed by atoms with Crippen molar-refractivity contribution < 1.29 is 9.68 Å². The molecule has 1 fully saturated rings. The summed E-state index contributed by atoms with van der Waals surface area (Å²) in [6, 6.07) is 17.1. The smallest absolute Gasteiger partial charge is 0.423 e. The van der Waals surface area contributed by atoms with Gasteiger partial charge in [0.15, 0.2) is 0 Å². The number of likely N-dealkylation sites (tertiary alicyclic amines) is 1. The SMILES string of the molecule is OB1OCc2cccc(CN3CCC(c4ccccc4)CC3)c21. The number of rotatable bonds is 3. The van der Waals surface area contributed by atoms with E-state index in [0.29, 0.717) is 12.5 Å². The molecule has 3 nitrogen and oxygen atoms in total. The van der Waals surface area contributed by atoms with Crippen LogP contribution in [-0.4, -0.2) is 30.1 Å². The van der Waals surface area contributed by atoms with E-state index in [1.165, 1.54) is 24.0 Å². The normalized spacial score (nSPS) is 19.1. The zero-order valence-corrected chi connectivity index (χ0v) is 13.3. The fraction of sp³-hybridized carbons (Fsp3) is 0.368. The van der Waals surface area contributed by atoms with Gasteiger partial charge in [0.1, 0.15) is 0 Å². The molecule has 4 heteroatoms. The van der Waals surface area contributed by atoms with Crippen LogP contribution in [0.5, 0.6) is 0 Å². The molecule has 2 aliphatic heterocycles. The van der Waals surface area contributed by atoms with Crippen LogP contribution in [0.25, 0.3) is 0 Å². The first-order valence-corrected chi connectivity index (χ1v) is 8.49. The monoisotopic (exact) mass is 307 g/mol. The van der Waals surface area contributed by atoms with Gasteiger partial charge in [-0.3, -0.25) is 4.90 Å². The van der Waals surface area contributed by atoms with Crippen molar-refractivity contribution in [3.05, 3.63) is 65.2 Å². The maximum Gasteiger partial charge on any atom is 0.492 e. The van der Waals surface area contributed by atoms with Crippen molar-refractivity contribution >= 4 is 12.6 Å². The Bertz CT molecular complexity index is 668. The highest BCUT2D eigenvalue weighted by molar-refractivity contribution is 6.62. The molecule has 0 amide bonds. The van der Waals surface area contributed by atoms with Crippen LogP contribution in [0.2, 0.25) is 0 Å². The Labute approximate surface area is 138 Å². The van der Waals surface area contributed by atoms with E-state index in [9.17, 15) is 5.02 Å². The first-order chi connectivity index (χ1) is 11.3. The summed E-state index contributed by atoms with van der Waals surface area (Å²) in [6.07, 6.45) is 2.41. The number of benzene rings is 2. The minimum Gasteiger partial charge on any atom is -0.423 e. The van der Waals surface area contributed by atoms with Crippen molar-refractivity contribution in [2.75, 3.05) is 13.1 Å². The molecule has 2 aliphatic rings.